The third-order valence-corrected chi connectivity index (χ3v) is 6.90. The number of hydrogen-bond acceptors (Lipinski definition) is 6. The number of rotatable bonds is 8. The maximum Gasteiger partial charge on any atom is 0.341 e. The molecule has 2 N–H and O–H groups in total. The standard InChI is InChI=1S/C29H29N3O5/c1-18-15-26(37-17-27(33)34)25(36-2)16-23(18)28-22-9-6-10-24(22)32(31-28)29(35)19-11-13-21(14-12-19)30-20-7-4-3-5-8-20/h3-5,7-8,11-16,22,24,30H,6,9-10,17H2,1-2H3,(H,33,34). The van der Waals surface area contributed by atoms with Gasteiger partial charge in [-0.1, -0.05) is 24.6 Å². The van der Waals surface area contributed by atoms with Crippen molar-refractivity contribution in [2.45, 2.75) is 32.2 Å². The lowest BCUT2D eigenvalue weighted by Crippen LogP contribution is -2.34. The van der Waals surface area contributed by atoms with Crippen molar-refractivity contribution in [3.8, 4) is 11.5 Å². The number of nitrogens with one attached hydrogen (secondary N) is 1. The number of methoxy groups -OCH3 is 1. The molecule has 3 aromatic carbocycles. The van der Waals surface area contributed by atoms with Crippen molar-refractivity contribution in [3.63, 3.8) is 0 Å². The summed E-state index contributed by atoms with van der Waals surface area (Å²) in [5.41, 5.74) is 5.10. The maximum absolute atomic E-state index is 13.5. The largest absolute Gasteiger partial charge is 0.493 e. The van der Waals surface area contributed by atoms with Gasteiger partial charge in [0.25, 0.3) is 5.91 Å². The van der Waals surface area contributed by atoms with Gasteiger partial charge in [-0.05, 0) is 73.9 Å². The predicted octanol–water partition coefficient (Wildman–Crippen LogP) is 5.24. The van der Waals surface area contributed by atoms with Gasteiger partial charge in [0.15, 0.2) is 18.1 Å². The highest BCUT2D eigenvalue weighted by atomic mass is 16.5. The molecule has 8 heteroatoms. The lowest BCUT2D eigenvalue weighted by molar-refractivity contribution is -0.139. The number of anilines is 2. The van der Waals surface area contributed by atoms with Crippen molar-refractivity contribution in [2.24, 2.45) is 11.0 Å². The van der Waals surface area contributed by atoms with Gasteiger partial charge in [-0.2, -0.15) is 5.10 Å². The normalized spacial score (nSPS) is 18.2. The number of hydrazone groups is 1. The predicted molar refractivity (Wildman–Crippen MR) is 141 cm³/mol. The number of carbonyl (C=O) groups excluding carboxylic acids is 1. The van der Waals surface area contributed by atoms with Crippen molar-refractivity contribution in [2.75, 3.05) is 19.0 Å². The Balaban J connectivity index is 1.40. The molecule has 0 bridgehead atoms. The van der Waals surface area contributed by atoms with Gasteiger partial charge in [0.1, 0.15) is 0 Å². The Hall–Kier alpha value is -4.33. The first kappa shape index (κ1) is 24.4. The number of carbonyl (C=O) groups is 2. The molecular formula is C29H29N3O5. The Bertz CT molecular complexity index is 1340. The van der Waals surface area contributed by atoms with E-state index in [1.807, 2.05) is 67.6 Å². The van der Waals surface area contributed by atoms with E-state index in [2.05, 4.69) is 5.32 Å². The molecule has 1 fully saturated rings. The topological polar surface area (TPSA) is 100 Å². The quantitative estimate of drug-likeness (QED) is 0.440. The average Bonchev–Trinajstić information content (AvgIpc) is 3.51. The van der Waals surface area contributed by atoms with E-state index in [0.717, 1.165) is 47.5 Å². The van der Waals surface area contributed by atoms with E-state index in [1.165, 1.54) is 7.11 Å². The third kappa shape index (κ3) is 5.00. The number of carboxylic acids is 1. The van der Waals surface area contributed by atoms with E-state index in [-0.39, 0.29) is 17.9 Å². The zero-order valence-electron chi connectivity index (χ0n) is 20.8. The summed E-state index contributed by atoms with van der Waals surface area (Å²) in [4.78, 5) is 24.5. The SMILES string of the molecule is COc1cc(C2=NN(C(=O)c3ccc(Nc4ccccc4)cc3)C3CCCC23)c(C)cc1OCC(=O)O. The van der Waals surface area contributed by atoms with Gasteiger partial charge in [-0.3, -0.25) is 4.79 Å². The van der Waals surface area contributed by atoms with E-state index >= 15 is 0 Å². The van der Waals surface area contributed by atoms with Gasteiger partial charge in [-0.25, -0.2) is 9.80 Å². The fourth-order valence-electron chi connectivity index (χ4n) is 5.13. The molecular weight excluding hydrogens is 470 g/mol. The second kappa shape index (κ2) is 10.3. The average molecular weight is 500 g/mol. The number of aryl methyl sites for hydroxylation is 1. The monoisotopic (exact) mass is 499 g/mol. The first-order valence-corrected chi connectivity index (χ1v) is 12.3. The smallest absolute Gasteiger partial charge is 0.341 e. The number of benzene rings is 3. The number of ether oxygens (including phenoxy) is 2. The van der Waals surface area contributed by atoms with Crippen molar-refractivity contribution in [1.29, 1.82) is 0 Å². The van der Waals surface area contributed by atoms with Gasteiger partial charge in [-0.15, -0.1) is 0 Å². The first-order chi connectivity index (χ1) is 17.9. The van der Waals surface area contributed by atoms with Crippen LogP contribution in [0.3, 0.4) is 0 Å². The van der Waals surface area contributed by atoms with E-state index in [0.29, 0.717) is 17.1 Å². The van der Waals surface area contributed by atoms with Gasteiger partial charge in [0, 0.05) is 28.4 Å². The van der Waals surface area contributed by atoms with Crippen molar-refractivity contribution < 1.29 is 24.2 Å². The molecule has 2 unspecified atom stereocenters. The van der Waals surface area contributed by atoms with Crippen LogP contribution in [-0.4, -0.2) is 47.5 Å². The summed E-state index contributed by atoms with van der Waals surface area (Å²) in [5, 5.41) is 18.8. The molecule has 0 radical (unpaired) electrons. The zero-order chi connectivity index (χ0) is 25.9. The van der Waals surface area contributed by atoms with E-state index in [4.69, 9.17) is 19.7 Å². The molecule has 1 aliphatic carbocycles. The summed E-state index contributed by atoms with van der Waals surface area (Å²) in [6.07, 6.45) is 2.87. The lowest BCUT2D eigenvalue weighted by atomic mass is 9.90. The Morgan fingerprint density at radius 1 is 1.03 bits per heavy atom. The van der Waals surface area contributed by atoms with Gasteiger partial charge < -0.3 is 19.9 Å². The van der Waals surface area contributed by atoms with Gasteiger partial charge >= 0.3 is 5.97 Å². The molecule has 0 saturated heterocycles. The minimum absolute atomic E-state index is 0.0120. The lowest BCUT2D eigenvalue weighted by Gasteiger charge is -2.21. The summed E-state index contributed by atoms with van der Waals surface area (Å²) in [7, 11) is 1.52. The van der Waals surface area contributed by atoms with Crippen LogP contribution in [0.1, 0.15) is 40.7 Å². The fourth-order valence-corrected chi connectivity index (χ4v) is 5.13. The van der Waals surface area contributed by atoms with Crippen LogP contribution in [0.15, 0.2) is 71.8 Å². The number of carboxylic acid groups (broad SMARTS) is 1. The van der Waals surface area contributed by atoms with Crippen LogP contribution in [0, 0.1) is 12.8 Å². The Kier molecular flexibility index (Phi) is 6.81. The number of fused-ring (bicyclic) bond motifs is 1. The van der Waals surface area contributed by atoms with E-state index < -0.39 is 12.6 Å². The molecule has 5 rings (SSSR count). The second-order valence-electron chi connectivity index (χ2n) is 9.31. The summed E-state index contributed by atoms with van der Waals surface area (Å²) < 4.78 is 10.9. The molecule has 2 atom stereocenters. The van der Waals surface area contributed by atoms with Crippen molar-refractivity contribution in [1.82, 2.24) is 5.01 Å². The maximum atomic E-state index is 13.5. The van der Waals surface area contributed by atoms with Crippen LogP contribution in [0.25, 0.3) is 0 Å². The summed E-state index contributed by atoms with van der Waals surface area (Å²) in [6, 6.07) is 20.9. The number of amides is 1. The molecule has 0 aromatic heterocycles. The summed E-state index contributed by atoms with van der Waals surface area (Å²) in [6.45, 7) is 1.47. The molecule has 1 aliphatic heterocycles. The minimum Gasteiger partial charge on any atom is -0.493 e. The van der Waals surface area contributed by atoms with Crippen LogP contribution >= 0.6 is 0 Å². The Morgan fingerprint density at radius 2 is 1.76 bits per heavy atom. The highest BCUT2D eigenvalue weighted by Gasteiger charge is 2.44. The van der Waals surface area contributed by atoms with Crippen LogP contribution in [0.2, 0.25) is 0 Å². The number of hydrogen-bond donors (Lipinski definition) is 2. The van der Waals surface area contributed by atoms with Crippen LogP contribution < -0.4 is 14.8 Å². The molecule has 37 heavy (non-hydrogen) atoms. The minimum atomic E-state index is -1.06. The number of para-hydroxylation sites is 1. The molecule has 1 amide bonds. The van der Waals surface area contributed by atoms with E-state index in [1.54, 1.807) is 11.1 Å². The van der Waals surface area contributed by atoms with Crippen molar-refractivity contribution >= 4 is 29.0 Å². The van der Waals surface area contributed by atoms with Gasteiger partial charge in [0.05, 0.1) is 18.9 Å². The van der Waals surface area contributed by atoms with E-state index in [9.17, 15) is 9.59 Å². The summed E-state index contributed by atoms with van der Waals surface area (Å²) >= 11 is 0. The third-order valence-electron chi connectivity index (χ3n) is 6.90. The van der Waals surface area contributed by atoms with Gasteiger partial charge in [0.2, 0.25) is 0 Å². The summed E-state index contributed by atoms with van der Waals surface area (Å²) in [5.74, 6) is -0.243. The molecule has 190 valence electrons. The van der Waals surface area contributed by atoms with Crippen molar-refractivity contribution in [3.05, 3.63) is 83.4 Å². The highest BCUT2D eigenvalue weighted by molar-refractivity contribution is 6.08. The molecule has 3 aromatic rings. The second-order valence-corrected chi connectivity index (χ2v) is 9.31. The number of aliphatic carboxylic acids is 1. The molecule has 0 spiro atoms. The van der Waals surface area contributed by atoms with Crippen LogP contribution in [0.5, 0.6) is 11.5 Å². The first-order valence-electron chi connectivity index (χ1n) is 12.3. The molecule has 8 nitrogen and oxygen atoms in total. The number of nitrogens with zero attached hydrogens (tertiary/aromatic N) is 2. The molecule has 1 saturated carbocycles. The van der Waals surface area contributed by atoms with Crippen LogP contribution in [0.4, 0.5) is 11.4 Å². The highest BCUT2D eigenvalue weighted by Crippen LogP contribution is 2.41. The molecule has 2 aliphatic rings. The Labute approximate surface area is 215 Å². The molecule has 1 heterocycles. The fraction of sp³-hybridized carbons (Fsp3) is 0.276. The Morgan fingerprint density at radius 3 is 2.46 bits per heavy atom. The van der Waals surface area contributed by atoms with Crippen LogP contribution in [-0.2, 0) is 4.79 Å². The zero-order valence-corrected chi connectivity index (χ0v) is 20.8.